The van der Waals surface area contributed by atoms with Gasteiger partial charge in [-0.25, -0.2) is 13.1 Å². The molecule has 0 radical (unpaired) electrons. The number of sulfonamides is 1. The van der Waals surface area contributed by atoms with Crippen LogP contribution in [0.2, 0.25) is 5.02 Å². The second-order valence-electron chi connectivity index (χ2n) is 4.17. The molecule has 0 heterocycles. The van der Waals surface area contributed by atoms with Crippen LogP contribution < -0.4 is 10.5 Å². The molecule has 2 atom stereocenters. The minimum atomic E-state index is -3.76. The third kappa shape index (κ3) is 4.49. The Labute approximate surface area is 131 Å². The van der Waals surface area contributed by atoms with E-state index in [0.717, 1.165) is 0 Å². The van der Waals surface area contributed by atoms with Gasteiger partial charge in [-0.15, -0.1) is 0 Å². The van der Waals surface area contributed by atoms with Crippen LogP contribution in [0.25, 0.3) is 0 Å². The van der Waals surface area contributed by atoms with Gasteiger partial charge in [-0.3, -0.25) is 4.21 Å². The lowest BCUT2D eigenvalue weighted by atomic mass is 10.2. The average molecular weight is 355 g/mol. The van der Waals surface area contributed by atoms with E-state index in [2.05, 4.69) is 4.72 Å². The van der Waals surface area contributed by atoms with E-state index in [4.69, 9.17) is 29.6 Å². The Morgan fingerprint density at radius 1 is 1.55 bits per heavy atom. The molecule has 0 aliphatic heterocycles. The number of nitrogens with one attached hydrogen (secondary N) is 1. The summed E-state index contributed by atoms with van der Waals surface area (Å²) in [6.45, 7) is 1.76. The van der Waals surface area contributed by atoms with Crippen molar-refractivity contribution >= 4 is 49.6 Å². The summed E-state index contributed by atoms with van der Waals surface area (Å²) in [4.78, 5) is 0.0760. The third-order valence-corrected chi connectivity index (χ3v) is 6.08. The summed E-state index contributed by atoms with van der Waals surface area (Å²) >= 11 is 10.7. The molecule has 0 fully saturated rings. The zero-order chi connectivity index (χ0) is 15.5. The van der Waals surface area contributed by atoms with Crippen molar-refractivity contribution in [2.24, 2.45) is 5.73 Å². The first-order valence-electron chi connectivity index (χ1n) is 5.56. The van der Waals surface area contributed by atoms with Crippen LogP contribution in [0.15, 0.2) is 23.1 Å². The van der Waals surface area contributed by atoms with Crippen molar-refractivity contribution in [2.45, 2.75) is 17.1 Å². The summed E-state index contributed by atoms with van der Waals surface area (Å²) in [5, 5.41) is -0.257. The van der Waals surface area contributed by atoms with Crippen molar-refractivity contribution in [1.82, 2.24) is 4.72 Å². The quantitative estimate of drug-likeness (QED) is 0.744. The van der Waals surface area contributed by atoms with Gasteiger partial charge >= 0.3 is 0 Å². The van der Waals surface area contributed by atoms with Gasteiger partial charge in [0.05, 0.1) is 5.02 Å². The van der Waals surface area contributed by atoms with Crippen LogP contribution in [0.4, 0.5) is 0 Å². The highest BCUT2D eigenvalue weighted by atomic mass is 35.5. The molecule has 0 saturated heterocycles. The second kappa shape index (κ2) is 6.95. The topological polar surface area (TPSA) is 89.3 Å². The lowest BCUT2D eigenvalue weighted by molar-refractivity contribution is 0.580. The molecule has 20 heavy (non-hydrogen) atoms. The number of halogens is 1. The first-order chi connectivity index (χ1) is 9.15. The number of rotatable bonds is 6. The number of thiocarbonyl (C=S) groups is 1. The lowest BCUT2D eigenvalue weighted by Gasteiger charge is -2.12. The van der Waals surface area contributed by atoms with Crippen LogP contribution in [0, 0.1) is 0 Å². The van der Waals surface area contributed by atoms with Gasteiger partial charge in [0, 0.05) is 34.4 Å². The van der Waals surface area contributed by atoms with Gasteiger partial charge in [0.1, 0.15) is 9.88 Å². The maximum Gasteiger partial charge on any atom is 0.242 e. The molecule has 3 N–H and O–H groups in total. The smallest absolute Gasteiger partial charge is 0.242 e. The van der Waals surface area contributed by atoms with E-state index in [-0.39, 0.29) is 26.7 Å². The summed E-state index contributed by atoms with van der Waals surface area (Å²) < 4.78 is 37.8. The van der Waals surface area contributed by atoms with Gasteiger partial charge in [0.2, 0.25) is 10.0 Å². The lowest BCUT2D eigenvalue weighted by Crippen LogP contribution is -2.32. The van der Waals surface area contributed by atoms with Crippen molar-refractivity contribution in [3.05, 3.63) is 28.8 Å². The zero-order valence-corrected chi connectivity index (χ0v) is 14.1. The van der Waals surface area contributed by atoms with Crippen LogP contribution in [-0.2, 0) is 20.8 Å². The molecule has 0 saturated carbocycles. The van der Waals surface area contributed by atoms with Gasteiger partial charge < -0.3 is 5.73 Å². The normalized spacial score (nSPS) is 14.8. The number of hydrogen-bond acceptors (Lipinski definition) is 4. The van der Waals surface area contributed by atoms with Gasteiger partial charge in [-0.05, 0) is 19.1 Å². The summed E-state index contributed by atoms with van der Waals surface area (Å²) in [6, 6.07) is 4.23. The first-order valence-corrected chi connectivity index (χ1v) is 9.45. The summed E-state index contributed by atoms with van der Waals surface area (Å²) in [5.41, 5.74) is 5.94. The number of benzene rings is 1. The fourth-order valence-electron chi connectivity index (χ4n) is 1.29. The van der Waals surface area contributed by atoms with E-state index in [1.807, 2.05) is 0 Å². The Bertz CT molecular complexity index is 646. The van der Waals surface area contributed by atoms with Crippen LogP contribution in [-0.4, -0.2) is 35.7 Å². The number of nitrogens with two attached hydrogens (primary N) is 1. The summed E-state index contributed by atoms with van der Waals surface area (Å²) in [6.07, 6.45) is 1.52. The second-order valence-corrected chi connectivity index (χ2v) is 8.55. The molecule has 9 heteroatoms. The van der Waals surface area contributed by atoms with E-state index in [1.165, 1.54) is 24.5 Å². The van der Waals surface area contributed by atoms with Crippen molar-refractivity contribution in [1.29, 1.82) is 0 Å². The maximum atomic E-state index is 12.1. The monoisotopic (exact) mass is 354 g/mol. The Balaban J connectivity index is 2.99. The molecule has 5 nitrogen and oxygen atoms in total. The maximum absolute atomic E-state index is 12.1. The fourth-order valence-corrected chi connectivity index (χ4v) is 3.52. The fraction of sp³-hybridized carbons (Fsp3) is 0.364. The molecule has 1 aromatic rings. The van der Waals surface area contributed by atoms with Crippen molar-refractivity contribution < 1.29 is 12.6 Å². The standard InChI is InChI=1S/C11H15ClN2O3S3/c1-7(19(2)15)6-14-20(16,17)10-4-3-8(11(13)18)5-9(10)12/h3-5,7,14H,6H2,1-2H3,(H2,13,18). The Morgan fingerprint density at radius 2 is 2.15 bits per heavy atom. The molecule has 0 amide bonds. The third-order valence-electron chi connectivity index (χ3n) is 2.63. The molecule has 0 bridgehead atoms. The largest absolute Gasteiger partial charge is 0.389 e. The molecule has 0 aromatic heterocycles. The Morgan fingerprint density at radius 3 is 2.60 bits per heavy atom. The van der Waals surface area contributed by atoms with Crippen molar-refractivity contribution in [3.63, 3.8) is 0 Å². The minimum absolute atomic E-state index is 0.0353. The zero-order valence-electron chi connectivity index (χ0n) is 10.9. The highest BCUT2D eigenvalue weighted by Crippen LogP contribution is 2.22. The van der Waals surface area contributed by atoms with Crippen LogP contribution in [0.3, 0.4) is 0 Å². The van der Waals surface area contributed by atoms with Crippen LogP contribution >= 0.6 is 23.8 Å². The molecule has 1 aromatic carbocycles. The van der Waals surface area contributed by atoms with E-state index in [9.17, 15) is 12.6 Å². The minimum Gasteiger partial charge on any atom is -0.389 e. The first kappa shape index (κ1) is 17.5. The van der Waals surface area contributed by atoms with E-state index in [1.54, 1.807) is 6.92 Å². The molecular weight excluding hydrogens is 340 g/mol. The Hall–Kier alpha value is -0.540. The highest BCUT2D eigenvalue weighted by molar-refractivity contribution is 7.89. The summed E-state index contributed by atoms with van der Waals surface area (Å²) in [5.74, 6) is 0. The van der Waals surface area contributed by atoms with Crippen molar-refractivity contribution in [3.8, 4) is 0 Å². The number of hydrogen-bond donors (Lipinski definition) is 2. The van der Waals surface area contributed by atoms with Gasteiger partial charge in [-0.2, -0.15) is 0 Å². The predicted octanol–water partition coefficient (Wildman–Crippen LogP) is 1.02. The van der Waals surface area contributed by atoms with Gasteiger partial charge in [0.15, 0.2) is 0 Å². The van der Waals surface area contributed by atoms with Crippen LogP contribution in [0.5, 0.6) is 0 Å². The molecule has 0 spiro atoms. The molecule has 2 unspecified atom stereocenters. The molecule has 0 aliphatic carbocycles. The van der Waals surface area contributed by atoms with Gasteiger partial charge in [0.25, 0.3) is 0 Å². The molecule has 0 aliphatic rings. The molecule has 1 rings (SSSR count). The Kier molecular flexibility index (Phi) is 6.08. The van der Waals surface area contributed by atoms with E-state index >= 15 is 0 Å². The molecular formula is C11H15ClN2O3S3. The van der Waals surface area contributed by atoms with Crippen LogP contribution in [0.1, 0.15) is 12.5 Å². The predicted molar refractivity (Wildman–Crippen MR) is 86.1 cm³/mol. The van der Waals surface area contributed by atoms with Gasteiger partial charge in [-0.1, -0.05) is 29.9 Å². The highest BCUT2D eigenvalue weighted by Gasteiger charge is 2.20. The molecule has 112 valence electrons. The van der Waals surface area contributed by atoms with E-state index in [0.29, 0.717) is 5.56 Å². The van der Waals surface area contributed by atoms with Crippen molar-refractivity contribution in [2.75, 3.05) is 12.8 Å². The van der Waals surface area contributed by atoms with E-state index < -0.39 is 20.8 Å². The SMILES string of the molecule is CC(CNS(=O)(=O)c1ccc(C(N)=S)cc1Cl)S(C)=O. The summed E-state index contributed by atoms with van der Waals surface area (Å²) in [7, 11) is -4.87. The average Bonchev–Trinajstić information content (AvgIpc) is 2.35.